The minimum Gasteiger partial charge on any atom is -0.424 e. The number of hydrogen-bond donors (Lipinski definition) is 0. The summed E-state index contributed by atoms with van der Waals surface area (Å²) in [6.45, 7) is 3.58. The van der Waals surface area contributed by atoms with Crippen molar-refractivity contribution in [3.05, 3.63) is 32.6 Å². The number of aryl methyl sites for hydroxylation is 1. The van der Waals surface area contributed by atoms with Crippen LogP contribution < -0.4 is 0 Å². The van der Waals surface area contributed by atoms with Gasteiger partial charge in [0.15, 0.2) is 0 Å². The molecule has 0 aliphatic rings. The molecule has 6 heteroatoms. The molecule has 0 aliphatic heterocycles. The van der Waals surface area contributed by atoms with Crippen LogP contribution in [0.15, 0.2) is 20.3 Å². The van der Waals surface area contributed by atoms with Gasteiger partial charge in [0.25, 0.3) is 0 Å². The van der Waals surface area contributed by atoms with Crippen molar-refractivity contribution in [2.75, 3.05) is 7.05 Å². The summed E-state index contributed by atoms with van der Waals surface area (Å²) >= 11 is 5.21. The van der Waals surface area contributed by atoms with Crippen molar-refractivity contribution < 1.29 is 4.42 Å². The molecule has 0 aromatic carbocycles. The van der Waals surface area contributed by atoms with Crippen LogP contribution in [-0.2, 0) is 19.5 Å². The second-order valence-electron chi connectivity index (χ2n) is 3.82. The van der Waals surface area contributed by atoms with Crippen molar-refractivity contribution in [2.45, 2.75) is 26.4 Å². The number of thiophene rings is 1. The lowest BCUT2D eigenvalue weighted by Gasteiger charge is -2.12. The maximum Gasteiger partial charge on any atom is 0.230 e. The SMILES string of the molecule is CCc1nnc(CN(C)Cc2ccc(Br)s2)o1. The Labute approximate surface area is 113 Å². The topological polar surface area (TPSA) is 42.2 Å². The van der Waals surface area contributed by atoms with E-state index in [0.717, 1.165) is 16.8 Å². The zero-order chi connectivity index (χ0) is 12.3. The van der Waals surface area contributed by atoms with Crippen molar-refractivity contribution >= 4 is 27.3 Å². The molecule has 92 valence electrons. The minimum absolute atomic E-state index is 0.681. The molecule has 0 fully saturated rings. The molecule has 0 bridgehead atoms. The lowest BCUT2D eigenvalue weighted by Crippen LogP contribution is -2.16. The Morgan fingerprint density at radius 2 is 2.06 bits per heavy atom. The molecule has 0 saturated carbocycles. The molecule has 0 aliphatic carbocycles. The number of halogens is 1. The average molecular weight is 316 g/mol. The number of hydrogen-bond acceptors (Lipinski definition) is 5. The van der Waals surface area contributed by atoms with E-state index in [1.165, 1.54) is 4.88 Å². The van der Waals surface area contributed by atoms with Crippen LogP contribution in [0.5, 0.6) is 0 Å². The standard InChI is InChI=1S/C11H14BrN3OS/c1-3-10-13-14-11(16-10)7-15(2)6-8-4-5-9(12)17-8/h4-5H,3,6-7H2,1-2H3. The van der Waals surface area contributed by atoms with Gasteiger partial charge in [0.2, 0.25) is 11.8 Å². The van der Waals surface area contributed by atoms with Gasteiger partial charge in [-0.25, -0.2) is 0 Å². The Morgan fingerprint density at radius 3 is 2.65 bits per heavy atom. The Morgan fingerprint density at radius 1 is 1.29 bits per heavy atom. The van der Waals surface area contributed by atoms with Gasteiger partial charge < -0.3 is 4.42 Å². The predicted molar refractivity (Wildman–Crippen MR) is 70.9 cm³/mol. The number of nitrogens with zero attached hydrogens (tertiary/aromatic N) is 3. The monoisotopic (exact) mass is 315 g/mol. The molecule has 2 aromatic heterocycles. The van der Waals surface area contributed by atoms with E-state index in [0.29, 0.717) is 18.3 Å². The molecular weight excluding hydrogens is 302 g/mol. The zero-order valence-electron chi connectivity index (χ0n) is 9.81. The third-order valence-electron chi connectivity index (χ3n) is 2.27. The molecule has 2 rings (SSSR count). The lowest BCUT2D eigenvalue weighted by molar-refractivity contribution is 0.279. The fraction of sp³-hybridized carbons (Fsp3) is 0.455. The van der Waals surface area contributed by atoms with Gasteiger partial charge in [-0.3, -0.25) is 4.90 Å². The van der Waals surface area contributed by atoms with Crippen LogP contribution in [0, 0.1) is 0 Å². The molecule has 0 spiro atoms. The van der Waals surface area contributed by atoms with E-state index >= 15 is 0 Å². The fourth-order valence-electron chi connectivity index (χ4n) is 1.48. The first kappa shape index (κ1) is 12.7. The summed E-state index contributed by atoms with van der Waals surface area (Å²) in [5.74, 6) is 1.38. The van der Waals surface area contributed by atoms with Gasteiger partial charge in [0, 0.05) is 17.8 Å². The quantitative estimate of drug-likeness (QED) is 0.850. The maximum absolute atomic E-state index is 5.48. The summed E-state index contributed by atoms with van der Waals surface area (Å²) in [6.07, 6.45) is 0.786. The highest BCUT2D eigenvalue weighted by Crippen LogP contribution is 2.23. The molecule has 0 radical (unpaired) electrons. The van der Waals surface area contributed by atoms with Gasteiger partial charge in [-0.15, -0.1) is 21.5 Å². The molecular formula is C11H14BrN3OS. The molecule has 17 heavy (non-hydrogen) atoms. The zero-order valence-corrected chi connectivity index (χ0v) is 12.2. The summed E-state index contributed by atoms with van der Waals surface area (Å²) in [5, 5.41) is 7.96. The first-order valence-corrected chi connectivity index (χ1v) is 7.02. The number of rotatable bonds is 5. The van der Waals surface area contributed by atoms with Gasteiger partial charge >= 0.3 is 0 Å². The predicted octanol–water partition coefficient (Wildman–Crippen LogP) is 3.09. The molecule has 0 unspecified atom stereocenters. The lowest BCUT2D eigenvalue weighted by atomic mass is 10.4. The van der Waals surface area contributed by atoms with Gasteiger partial charge in [0.1, 0.15) is 0 Å². The first-order chi connectivity index (χ1) is 8.17. The summed E-state index contributed by atoms with van der Waals surface area (Å²) < 4.78 is 6.64. The summed E-state index contributed by atoms with van der Waals surface area (Å²) in [6, 6.07) is 4.19. The Bertz CT molecular complexity index is 483. The molecule has 4 nitrogen and oxygen atoms in total. The van der Waals surface area contributed by atoms with Crippen molar-refractivity contribution in [2.24, 2.45) is 0 Å². The largest absolute Gasteiger partial charge is 0.424 e. The minimum atomic E-state index is 0.681. The van der Waals surface area contributed by atoms with Gasteiger partial charge in [-0.05, 0) is 35.1 Å². The number of aromatic nitrogens is 2. The smallest absolute Gasteiger partial charge is 0.230 e. The highest BCUT2D eigenvalue weighted by molar-refractivity contribution is 9.11. The third-order valence-corrected chi connectivity index (χ3v) is 3.88. The van der Waals surface area contributed by atoms with Crippen LogP contribution in [0.1, 0.15) is 23.6 Å². The van der Waals surface area contributed by atoms with Crippen LogP contribution in [0.25, 0.3) is 0 Å². The molecule has 2 heterocycles. The highest BCUT2D eigenvalue weighted by Gasteiger charge is 2.09. The van der Waals surface area contributed by atoms with E-state index in [1.54, 1.807) is 11.3 Å². The van der Waals surface area contributed by atoms with Crippen molar-refractivity contribution in [3.63, 3.8) is 0 Å². The molecule has 0 amide bonds. The Balaban J connectivity index is 1.90. The normalized spacial score (nSPS) is 11.3. The summed E-state index contributed by atoms with van der Waals surface area (Å²) in [7, 11) is 2.05. The Hall–Kier alpha value is -0.720. The van der Waals surface area contributed by atoms with Crippen LogP contribution >= 0.6 is 27.3 Å². The van der Waals surface area contributed by atoms with E-state index < -0.39 is 0 Å². The molecule has 0 atom stereocenters. The Kier molecular flexibility index (Phi) is 4.31. The summed E-state index contributed by atoms with van der Waals surface area (Å²) in [5.41, 5.74) is 0. The van der Waals surface area contributed by atoms with Crippen LogP contribution in [0.4, 0.5) is 0 Å². The van der Waals surface area contributed by atoms with Crippen LogP contribution in [-0.4, -0.2) is 22.1 Å². The first-order valence-electron chi connectivity index (χ1n) is 5.41. The average Bonchev–Trinajstić information content (AvgIpc) is 2.88. The van der Waals surface area contributed by atoms with E-state index in [1.807, 2.05) is 14.0 Å². The van der Waals surface area contributed by atoms with Crippen molar-refractivity contribution in [1.82, 2.24) is 15.1 Å². The van der Waals surface area contributed by atoms with Crippen molar-refractivity contribution in [3.8, 4) is 0 Å². The highest BCUT2D eigenvalue weighted by atomic mass is 79.9. The second kappa shape index (κ2) is 5.75. The van der Waals surface area contributed by atoms with E-state index in [9.17, 15) is 0 Å². The second-order valence-corrected chi connectivity index (χ2v) is 6.37. The third kappa shape index (κ3) is 3.62. The molecule has 0 N–H and O–H groups in total. The van der Waals surface area contributed by atoms with E-state index in [2.05, 4.69) is 43.2 Å². The summed E-state index contributed by atoms with van der Waals surface area (Å²) in [4.78, 5) is 3.47. The fourth-order valence-corrected chi connectivity index (χ4v) is 3.05. The maximum atomic E-state index is 5.48. The van der Waals surface area contributed by atoms with Crippen molar-refractivity contribution in [1.29, 1.82) is 0 Å². The van der Waals surface area contributed by atoms with Gasteiger partial charge in [0.05, 0.1) is 10.3 Å². The van der Waals surface area contributed by atoms with E-state index in [-0.39, 0.29) is 0 Å². The molecule has 2 aromatic rings. The molecule has 0 saturated heterocycles. The van der Waals surface area contributed by atoms with Crippen LogP contribution in [0.3, 0.4) is 0 Å². The van der Waals surface area contributed by atoms with E-state index in [4.69, 9.17) is 4.42 Å². The van der Waals surface area contributed by atoms with Crippen LogP contribution in [0.2, 0.25) is 0 Å². The van der Waals surface area contributed by atoms with Gasteiger partial charge in [-0.2, -0.15) is 0 Å². The van der Waals surface area contributed by atoms with Gasteiger partial charge in [-0.1, -0.05) is 6.92 Å².